The monoisotopic (exact) mass is 315 g/mol. The highest BCUT2D eigenvalue weighted by atomic mass is 79.9. The van der Waals surface area contributed by atoms with Gasteiger partial charge in [-0.25, -0.2) is 9.97 Å². The zero-order chi connectivity index (χ0) is 13.4. The van der Waals surface area contributed by atoms with Crippen LogP contribution >= 0.6 is 15.9 Å². The van der Waals surface area contributed by atoms with Crippen LogP contribution in [0.2, 0.25) is 0 Å². The summed E-state index contributed by atoms with van der Waals surface area (Å²) in [7, 11) is 0. The Hall–Kier alpha value is -0.680. The van der Waals surface area contributed by atoms with E-state index in [9.17, 15) is 0 Å². The molecule has 0 fully saturated rings. The zero-order valence-corrected chi connectivity index (χ0v) is 12.7. The average molecular weight is 316 g/mol. The number of hydrogen-bond donors (Lipinski definition) is 2. The van der Waals surface area contributed by atoms with Gasteiger partial charge in [-0.15, -0.1) is 0 Å². The van der Waals surface area contributed by atoms with Crippen molar-refractivity contribution in [1.82, 2.24) is 9.97 Å². The van der Waals surface area contributed by atoms with Crippen molar-refractivity contribution in [2.45, 2.75) is 45.4 Å². The molecule has 0 aliphatic heterocycles. The molecule has 102 valence electrons. The average Bonchev–Trinajstić information content (AvgIpc) is 2.33. The number of nitrogens with one attached hydrogen (secondary N) is 1. The summed E-state index contributed by atoms with van der Waals surface area (Å²) >= 11 is 3.41. The van der Waals surface area contributed by atoms with Crippen LogP contribution < -0.4 is 5.32 Å². The van der Waals surface area contributed by atoms with Crippen LogP contribution in [0, 0.1) is 0 Å². The standard InChI is InChI=1S/C13H22BrN3O/c1-10(2)13-16-11(14)9-12(17-13)15-7-5-3-4-6-8-18/h9-10,18H,3-8H2,1-2H3,(H,15,16,17). The highest BCUT2D eigenvalue weighted by Crippen LogP contribution is 2.17. The van der Waals surface area contributed by atoms with Gasteiger partial charge in [0.2, 0.25) is 0 Å². The van der Waals surface area contributed by atoms with Crippen molar-refractivity contribution in [2.75, 3.05) is 18.5 Å². The van der Waals surface area contributed by atoms with Crippen molar-refractivity contribution in [1.29, 1.82) is 0 Å². The molecule has 0 unspecified atom stereocenters. The van der Waals surface area contributed by atoms with Crippen molar-refractivity contribution in [3.05, 3.63) is 16.5 Å². The summed E-state index contributed by atoms with van der Waals surface area (Å²) in [4.78, 5) is 8.81. The zero-order valence-electron chi connectivity index (χ0n) is 11.1. The van der Waals surface area contributed by atoms with Crippen LogP contribution in [0.1, 0.15) is 51.3 Å². The maximum atomic E-state index is 8.68. The van der Waals surface area contributed by atoms with Gasteiger partial charge in [-0.2, -0.15) is 0 Å². The molecule has 0 bridgehead atoms. The summed E-state index contributed by atoms with van der Waals surface area (Å²) in [6.07, 6.45) is 4.22. The first-order valence-electron chi connectivity index (χ1n) is 6.52. The van der Waals surface area contributed by atoms with Crippen LogP contribution in [0.25, 0.3) is 0 Å². The molecule has 4 nitrogen and oxygen atoms in total. The third-order valence-corrected chi connectivity index (χ3v) is 3.03. The SMILES string of the molecule is CC(C)c1nc(Br)cc(NCCCCCCO)n1. The number of halogens is 1. The first-order valence-corrected chi connectivity index (χ1v) is 7.32. The predicted octanol–water partition coefficient (Wildman–Crippen LogP) is 3.33. The van der Waals surface area contributed by atoms with Gasteiger partial charge < -0.3 is 10.4 Å². The van der Waals surface area contributed by atoms with E-state index in [1.54, 1.807) is 0 Å². The van der Waals surface area contributed by atoms with E-state index in [0.29, 0.717) is 12.5 Å². The minimum atomic E-state index is 0.296. The Morgan fingerprint density at radius 2 is 1.94 bits per heavy atom. The van der Waals surface area contributed by atoms with Crippen LogP contribution in [-0.4, -0.2) is 28.2 Å². The highest BCUT2D eigenvalue weighted by molar-refractivity contribution is 9.10. The lowest BCUT2D eigenvalue weighted by Crippen LogP contribution is -2.07. The molecule has 1 rings (SSSR count). The third-order valence-electron chi connectivity index (χ3n) is 2.62. The molecule has 0 aromatic carbocycles. The van der Waals surface area contributed by atoms with Crippen molar-refractivity contribution in [3.8, 4) is 0 Å². The quantitative estimate of drug-likeness (QED) is 0.570. The van der Waals surface area contributed by atoms with E-state index in [-0.39, 0.29) is 0 Å². The summed E-state index contributed by atoms with van der Waals surface area (Å²) in [5.74, 6) is 2.06. The number of aliphatic hydroxyl groups is 1. The van der Waals surface area contributed by atoms with Crippen molar-refractivity contribution < 1.29 is 5.11 Å². The molecule has 0 aliphatic rings. The molecule has 1 heterocycles. The second-order valence-corrected chi connectivity index (χ2v) is 5.47. The van der Waals surface area contributed by atoms with Gasteiger partial charge in [0.15, 0.2) is 0 Å². The predicted molar refractivity (Wildman–Crippen MR) is 77.9 cm³/mol. The van der Waals surface area contributed by atoms with Crippen LogP contribution in [-0.2, 0) is 0 Å². The maximum Gasteiger partial charge on any atom is 0.134 e. The lowest BCUT2D eigenvalue weighted by molar-refractivity contribution is 0.283. The van der Waals surface area contributed by atoms with Gasteiger partial charge in [0, 0.05) is 25.1 Å². The molecule has 1 aromatic rings. The molecule has 0 saturated heterocycles. The van der Waals surface area contributed by atoms with E-state index in [2.05, 4.69) is 45.1 Å². The van der Waals surface area contributed by atoms with E-state index in [0.717, 1.165) is 48.5 Å². The molecule has 18 heavy (non-hydrogen) atoms. The van der Waals surface area contributed by atoms with E-state index in [4.69, 9.17) is 5.11 Å². The van der Waals surface area contributed by atoms with Crippen LogP contribution in [0.3, 0.4) is 0 Å². The molecule has 5 heteroatoms. The summed E-state index contributed by atoms with van der Waals surface area (Å²) in [5, 5.41) is 12.0. The minimum absolute atomic E-state index is 0.296. The van der Waals surface area contributed by atoms with Gasteiger partial charge in [-0.1, -0.05) is 26.7 Å². The van der Waals surface area contributed by atoms with Gasteiger partial charge in [0.1, 0.15) is 16.2 Å². The fraction of sp³-hybridized carbons (Fsp3) is 0.692. The van der Waals surface area contributed by atoms with Gasteiger partial charge in [0.05, 0.1) is 0 Å². The largest absolute Gasteiger partial charge is 0.396 e. The molecular formula is C13H22BrN3O. The Morgan fingerprint density at radius 1 is 1.22 bits per heavy atom. The molecule has 0 atom stereocenters. The van der Waals surface area contributed by atoms with Crippen molar-refractivity contribution in [3.63, 3.8) is 0 Å². The Labute approximate surface area is 117 Å². The molecule has 0 saturated carbocycles. The summed E-state index contributed by atoms with van der Waals surface area (Å²) in [6, 6.07) is 1.90. The number of hydrogen-bond acceptors (Lipinski definition) is 4. The second-order valence-electron chi connectivity index (χ2n) is 4.65. The van der Waals surface area contributed by atoms with E-state index in [1.807, 2.05) is 6.07 Å². The second kappa shape index (κ2) is 8.43. The van der Waals surface area contributed by atoms with E-state index < -0.39 is 0 Å². The number of nitrogens with zero attached hydrogens (tertiary/aromatic N) is 2. The topological polar surface area (TPSA) is 58.0 Å². The lowest BCUT2D eigenvalue weighted by Gasteiger charge is -2.09. The fourth-order valence-corrected chi connectivity index (χ4v) is 1.99. The number of aromatic nitrogens is 2. The van der Waals surface area contributed by atoms with Crippen molar-refractivity contribution in [2.24, 2.45) is 0 Å². The molecule has 2 N–H and O–H groups in total. The fourth-order valence-electron chi connectivity index (χ4n) is 1.59. The summed E-state index contributed by atoms with van der Waals surface area (Å²) in [6.45, 7) is 5.37. The number of aliphatic hydroxyl groups excluding tert-OH is 1. The normalized spacial score (nSPS) is 10.9. The Balaban J connectivity index is 2.37. The molecule has 0 aliphatic carbocycles. The lowest BCUT2D eigenvalue weighted by atomic mass is 10.2. The van der Waals surface area contributed by atoms with Crippen LogP contribution in [0.5, 0.6) is 0 Å². The van der Waals surface area contributed by atoms with Crippen LogP contribution in [0.4, 0.5) is 5.82 Å². The Bertz CT molecular complexity index is 358. The van der Waals surface area contributed by atoms with E-state index >= 15 is 0 Å². The smallest absolute Gasteiger partial charge is 0.134 e. The number of rotatable bonds is 8. The summed E-state index contributed by atoms with van der Waals surface area (Å²) < 4.78 is 0.823. The molecule has 0 radical (unpaired) electrons. The first-order chi connectivity index (χ1) is 8.63. The minimum Gasteiger partial charge on any atom is -0.396 e. The van der Waals surface area contributed by atoms with E-state index in [1.165, 1.54) is 0 Å². The van der Waals surface area contributed by atoms with Crippen LogP contribution in [0.15, 0.2) is 10.7 Å². The molecule has 0 amide bonds. The molecule has 0 spiro atoms. The third kappa shape index (κ3) is 5.78. The Kier molecular flexibility index (Phi) is 7.20. The summed E-state index contributed by atoms with van der Waals surface area (Å²) in [5.41, 5.74) is 0. The first kappa shape index (κ1) is 15.4. The molecular weight excluding hydrogens is 294 g/mol. The van der Waals surface area contributed by atoms with Gasteiger partial charge >= 0.3 is 0 Å². The number of unbranched alkanes of at least 4 members (excludes halogenated alkanes) is 3. The van der Waals surface area contributed by atoms with Gasteiger partial charge in [-0.05, 0) is 28.8 Å². The number of anilines is 1. The van der Waals surface area contributed by atoms with Gasteiger partial charge in [0.25, 0.3) is 0 Å². The highest BCUT2D eigenvalue weighted by Gasteiger charge is 2.06. The Morgan fingerprint density at radius 3 is 2.61 bits per heavy atom. The maximum absolute atomic E-state index is 8.68. The van der Waals surface area contributed by atoms with Crippen molar-refractivity contribution >= 4 is 21.7 Å². The van der Waals surface area contributed by atoms with Gasteiger partial charge in [-0.3, -0.25) is 0 Å². The molecule has 1 aromatic heterocycles.